The number of nitrogens with one attached hydrogen (secondary N) is 1. The number of carbonyl (C=O) groups excluding carboxylic acids is 2. The molecule has 3 heterocycles. The molecule has 0 aliphatic carbocycles. The fourth-order valence-corrected chi connectivity index (χ4v) is 4.69. The molecule has 2 saturated heterocycles. The molecule has 2 aliphatic heterocycles. The topological polar surface area (TPSA) is 68.8 Å². The molecule has 0 radical (unpaired) electrons. The van der Waals surface area contributed by atoms with Gasteiger partial charge >= 0.3 is 0 Å². The lowest BCUT2D eigenvalue weighted by molar-refractivity contribution is -0.118. The highest BCUT2D eigenvalue weighted by Gasteiger charge is 2.29. The Morgan fingerprint density at radius 2 is 1.72 bits per heavy atom. The summed E-state index contributed by atoms with van der Waals surface area (Å²) in [7, 11) is 2.19. The van der Waals surface area contributed by atoms with E-state index in [1.165, 1.54) is 12.8 Å². The molecule has 4 rings (SSSR count). The number of aryl methyl sites for hydroxylation is 1. The summed E-state index contributed by atoms with van der Waals surface area (Å²) in [5, 5.41) is 3.78. The van der Waals surface area contributed by atoms with Gasteiger partial charge in [-0.05, 0) is 58.1 Å². The van der Waals surface area contributed by atoms with Crippen LogP contribution in [0, 0.1) is 12.8 Å². The molecule has 0 unspecified atom stereocenters. The highest BCUT2D eigenvalue weighted by Crippen LogP contribution is 2.26. The van der Waals surface area contributed by atoms with E-state index in [1.807, 2.05) is 49.9 Å². The summed E-state index contributed by atoms with van der Waals surface area (Å²) in [6.07, 6.45) is 2.41. The first-order chi connectivity index (χ1) is 15.3. The van der Waals surface area contributed by atoms with Gasteiger partial charge in [0.1, 0.15) is 0 Å². The number of hydrogen-bond acceptors (Lipinski definition) is 5. The van der Waals surface area contributed by atoms with E-state index < -0.39 is 0 Å². The summed E-state index contributed by atoms with van der Waals surface area (Å²) in [5.74, 6) is -0.186. The maximum Gasteiger partial charge on any atom is 0.254 e. The number of benzene rings is 1. The maximum atomic E-state index is 13.6. The van der Waals surface area contributed by atoms with E-state index in [9.17, 15) is 9.59 Å². The molecule has 1 aromatic carbocycles. The third-order valence-corrected chi connectivity index (χ3v) is 6.77. The second-order valence-electron chi connectivity index (χ2n) is 9.55. The highest BCUT2D eigenvalue weighted by atomic mass is 16.2. The van der Waals surface area contributed by atoms with Crippen LogP contribution < -0.4 is 5.32 Å². The Morgan fingerprint density at radius 1 is 1.03 bits per heavy atom. The van der Waals surface area contributed by atoms with Crippen LogP contribution in [-0.2, 0) is 4.79 Å². The van der Waals surface area contributed by atoms with Gasteiger partial charge < -0.3 is 15.1 Å². The van der Waals surface area contributed by atoms with Crippen molar-refractivity contribution in [3.63, 3.8) is 0 Å². The van der Waals surface area contributed by atoms with Gasteiger partial charge in [-0.3, -0.25) is 19.5 Å². The first-order valence-electron chi connectivity index (χ1n) is 11.8. The number of hydrogen-bond donors (Lipinski definition) is 1. The van der Waals surface area contributed by atoms with E-state index >= 15 is 0 Å². The molecular weight excluding hydrogens is 402 g/mol. The highest BCUT2D eigenvalue weighted by molar-refractivity contribution is 6.08. The molecule has 2 aromatic rings. The number of carbonyl (C=O) groups is 2. The molecule has 2 amide bonds. The summed E-state index contributed by atoms with van der Waals surface area (Å²) in [6, 6.07) is 8.20. The van der Waals surface area contributed by atoms with Crippen LogP contribution in [-0.4, -0.2) is 83.9 Å². The van der Waals surface area contributed by atoms with E-state index in [-0.39, 0.29) is 17.7 Å². The summed E-state index contributed by atoms with van der Waals surface area (Å²) >= 11 is 0. The minimum Gasteiger partial charge on any atom is -0.336 e. The number of aromatic nitrogens is 1. The summed E-state index contributed by atoms with van der Waals surface area (Å²) < 4.78 is 0. The lowest BCUT2D eigenvalue weighted by atomic mass is 10.0. The van der Waals surface area contributed by atoms with E-state index in [1.54, 1.807) is 0 Å². The van der Waals surface area contributed by atoms with Crippen molar-refractivity contribution in [1.29, 1.82) is 0 Å². The fraction of sp³-hybridized carbons (Fsp3) is 0.560. The second kappa shape index (κ2) is 9.55. The maximum absolute atomic E-state index is 13.6. The first-order valence-corrected chi connectivity index (χ1v) is 11.8. The molecule has 1 N–H and O–H groups in total. The van der Waals surface area contributed by atoms with Crippen LogP contribution in [0.4, 0.5) is 5.69 Å². The average Bonchev–Trinajstić information content (AvgIpc) is 2.78. The summed E-state index contributed by atoms with van der Waals surface area (Å²) in [5.41, 5.74) is 2.86. The lowest BCUT2D eigenvalue weighted by Crippen LogP contribution is -2.54. The van der Waals surface area contributed by atoms with E-state index in [0.29, 0.717) is 17.3 Å². The van der Waals surface area contributed by atoms with Gasteiger partial charge in [0, 0.05) is 54.9 Å². The fourth-order valence-electron chi connectivity index (χ4n) is 4.69. The van der Waals surface area contributed by atoms with Crippen molar-refractivity contribution >= 4 is 28.4 Å². The molecule has 7 heteroatoms. The summed E-state index contributed by atoms with van der Waals surface area (Å²) in [4.78, 5) is 37.3. The predicted molar refractivity (Wildman–Crippen MR) is 128 cm³/mol. The van der Waals surface area contributed by atoms with Crippen LogP contribution in [0.2, 0.25) is 0 Å². The van der Waals surface area contributed by atoms with E-state index in [0.717, 1.165) is 55.9 Å². The minimum absolute atomic E-state index is 0.0179. The Balaban J connectivity index is 1.53. The van der Waals surface area contributed by atoms with Crippen LogP contribution in [0.1, 0.15) is 42.7 Å². The smallest absolute Gasteiger partial charge is 0.254 e. The van der Waals surface area contributed by atoms with Gasteiger partial charge in [0.05, 0.1) is 11.1 Å². The molecule has 0 bridgehead atoms. The van der Waals surface area contributed by atoms with Crippen LogP contribution >= 0.6 is 0 Å². The Kier molecular flexibility index (Phi) is 6.76. The number of rotatable bonds is 4. The number of anilines is 1. The third kappa shape index (κ3) is 4.94. The zero-order valence-electron chi connectivity index (χ0n) is 19.7. The Hall–Kier alpha value is -2.51. The van der Waals surface area contributed by atoms with Crippen LogP contribution in [0.3, 0.4) is 0 Å². The molecule has 172 valence electrons. The molecule has 0 spiro atoms. The zero-order chi connectivity index (χ0) is 22.8. The first kappa shape index (κ1) is 22.7. The minimum atomic E-state index is -0.136. The SMILES string of the molecule is Cc1ccc2c(C(=O)N3CCN(C4CCN(C)CC4)CC3)cc(NC(=O)C(C)C)cc2n1. The van der Waals surface area contributed by atoms with Crippen molar-refractivity contribution < 1.29 is 9.59 Å². The van der Waals surface area contributed by atoms with Crippen molar-refractivity contribution in [3.8, 4) is 0 Å². The summed E-state index contributed by atoms with van der Waals surface area (Å²) in [6.45, 7) is 11.2. The van der Waals surface area contributed by atoms with Crippen LogP contribution in [0.15, 0.2) is 24.3 Å². The number of nitrogens with zero attached hydrogens (tertiary/aromatic N) is 4. The third-order valence-electron chi connectivity index (χ3n) is 6.77. The van der Waals surface area contributed by atoms with Crippen LogP contribution in [0.5, 0.6) is 0 Å². The van der Waals surface area contributed by atoms with Gasteiger partial charge in [0.15, 0.2) is 0 Å². The molecular formula is C25H35N5O2. The molecule has 0 atom stereocenters. The van der Waals surface area contributed by atoms with Gasteiger partial charge in [-0.2, -0.15) is 0 Å². The monoisotopic (exact) mass is 437 g/mol. The van der Waals surface area contributed by atoms with Gasteiger partial charge in [-0.15, -0.1) is 0 Å². The number of likely N-dealkylation sites (tertiary alicyclic amines) is 1. The number of pyridine rings is 1. The normalized spacial score (nSPS) is 19.0. The van der Waals surface area contributed by atoms with Crippen molar-refractivity contribution in [3.05, 3.63) is 35.5 Å². The van der Waals surface area contributed by atoms with Crippen molar-refractivity contribution in [2.45, 2.75) is 39.7 Å². The largest absolute Gasteiger partial charge is 0.336 e. The molecule has 2 fully saturated rings. The lowest BCUT2D eigenvalue weighted by Gasteiger charge is -2.42. The Labute approximate surface area is 190 Å². The molecule has 1 aromatic heterocycles. The number of amides is 2. The van der Waals surface area contributed by atoms with Crippen molar-refractivity contribution in [2.24, 2.45) is 5.92 Å². The predicted octanol–water partition coefficient (Wildman–Crippen LogP) is 2.99. The Bertz CT molecular complexity index is 989. The van der Waals surface area contributed by atoms with E-state index in [4.69, 9.17) is 0 Å². The van der Waals surface area contributed by atoms with E-state index in [2.05, 4.69) is 27.1 Å². The quantitative estimate of drug-likeness (QED) is 0.796. The number of fused-ring (bicyclic) bond motifs is 1. The van der Waals surface area contributed by atoms with Crippen molar-refractivity contribution in [1.82, 2.24) is 19.7 Å². The van der Waals surface area contributed by atoms with Gasteiger partial charge in [-0.1, -0.05) is 19.9 Å². The molecule has 7 nitrogen and oxygen atoms in total. The molecule has 0 saturated carbocycles. The number of piperazine rings is 1. The van der Waals surface area contributed by atoms with Crippen molar-refractivity contribution in [2.75, 3.05) is 51.6 Å². The van der Waals surface area contributed by atoms with Crippen LogP contribution in [0.25, 0.3) is 10.9 Å². The number of piperidine rings is 1. The van der Waals surface area contributed by atoms with Gasteiger partial charge in [-0.25, -0.2) is 0 Å². The zero-order valence-corrected chi connectivity index (χ0v) is 19.7. The van der Waals surface area contributed by atoms with Gasteiger partial charge in [0.2, 0.25) is 5.91 Å². The standard InChI is InChI=1S/C25H35N5O2/c1-17(2)24(31)27-19-15-22(21-6-5-18(3)26-23(21)16-19)25(32)30-13-11-29(12-14-30)20-7-9-28(4)10-8-20/h5-6,15-17,20H,7-14H2,1-4H3,(H,27,31). The molecule has 2 aliphatic rings. The molecule has 32 heavy (non-hydrogen) atoms. The van der Waals surface area contributed by atoms with Gasteiger partial charge in [0.25, 0.3) is 5.91 Å². The Morgan fingerprint density at radius 3 is 2.38 bits per heavy atom. The second-order valence-corrected chi connectivity index (χ2v) is 9.55. The average molecular weight is 438 g/mol.